The van der Waals surface area contributed by atoms with Crippen LogP contribution in [0.5, 0.6) is 0 Å². The zero-order chi connectivity index (χ0) is 14.9. The molecule has 0 bridgehead atoms. The molecular formula is C17H26BrNO2. The second kappa shape index (κ2) is 9.57. The lowest BCUT2D eigenvalue weighted by atomic mass is 10.1. The first-order valence-corrected chi connectivity index (χ1v) is 8.78. The van der Waals surface area contributed by atoms with Gasteiger partial charge < -0.3 is 14.8 Å². The van der Waals surface area contributed by atoms with E-state index in [2.05, 4.69) is 46.4 Å². The molecule has 0 radical (unpaired) electrons. The Kier molecular flexibility index (Phi) is 7.72. The lowest BCUT2D eigenvalue weighted by Crippen LogP contribution is -2.29. The lowest BCUT2D eigenvalue weighted by Gasteiger charge is -2.26. The van der Waals surface area contributed by atoms with Crippen molar-refractivity contribution in [3.8, 4) is 0 Å². The molecule has 2 unspecified atom stereocenters. The predicted octanol–water partition coefficient (Wildman–Crippen LogP) is 4.08. The zero-order valence-electron chi connectivity index (χ0n) is 12.8. The van der Waals surface area contributed by atoms with E-state index in [-0.39, 0.29) is 12.2 Å². The van der Waals surface area contributed by atoms with Gasteiger partial charge in [0.15, 0.2) is 0 Å². The number of ether oxygens (including phenoxy) is 2. The molecule has 0 amide bonds. The Morgan fingerprint density at radius 2 is 2.33 bits per heavy atom. The number of hydrogen-bond acceptors (Lipinski definition) is 3. The molecule has 1 aliphatic rings. The summed E-state index contributed by atoms with van der Waals surface area (Å²) in [6, 6.07) is 8.38. The number of nitrogens with one attached hydrogen (secondary N) is 1. The van der Waals surface area contributed by atoms with Gasteiger partial charge in [0.2, 0.25) is 0 Å². The van der Waals surface area contributed by atoms with Crippen molar-refractivity contribution in [3.05, 3.63) is 34.3 Å². The Morgan fingerprint density at radius 3 is 3.05 bits per heavy atom. The topological polar surface area (TPSA) is 30.5 Å². The normalized spacial score (nSPS) is 20.4. The minimum Gasteiger partial charge on any atom is -0.376 e. The minimum absolute atomic E-state index is 0.0829. The van der Waals surface area contributed by atoms with E-state index in [1.165, 1.54) is 18.4 Å². The zero-order valence-corrected chi connectivity index (χ0v) is 14.4. The summed E-state index contributed by atoms with van der Waals surface area (Å²) in [6.07, 6.45) is 5.04. The molecule has 2 atom stereocenters. The highest BCUT2D eigenvalue weighted by Crippen LogP contribution is 2.22. The van der Waals surface area contributed by atoms with Gasteiger partial charge in [0, 0.05) is 17.6 Å². The number of rotatable bonds is 8. The van der Waals surface area contributed by atoms with Crippen LogP contribution in [-0.4, -0.2) is 32.4 Å². The molecule has 1 aromatic carbocycles. The van der Waals surface area contributed by atoms with Gasteiger partial charge in [0.25, 0.3) is 0 Å². The highest BCUT2D eigenvalue weighted by molar-refractivity contribution is 9.10. The molecule has 1 heterocycles. The van der Waals surface area contributed by atoms with Crippen LogP contribution < -0.4 is 5.32 Å². The maximum absolute atomic E-state index is 6.16. The third-order valence-corrected chi connectivity index (χ3v) is 4.23. The van der Waals surface area contributed by atoms with E-state index in [1.807, 2.05) is 6.07 Å². The van der Waals surface area contributed by atoms with Crippen molar-refractivity contribution in [3.63, 3.8) is 0 Å². The molecule has 1 saturated heterocycles. The largest absolute Gasteiger partial charge is 0.376 e. The molecule has 0 spiro atoms. The van der Waals surface area contributed by atoms with Gasteiger partial charge >= 0.3 is 0 Å². The second-order valence-electron chi connectivity index (χ2n) is 5.57. The molecule has 1 fully saturated rings. The van der Waals surface area contributed by atoms with E-state index in [0.717, 1.165) is 37.0 Å². The quantitative estimate of drug-likeness (QED) is 0.712. The van der Waals surface area contributed by atoms with Crippen LogP contribution in [0.15, 0.2) is 28.7 Å². The maximum atomic E-state index is 6.16. The van der Waals surface area contributed by atoms with Crippen molar-refractivity contribution < 1.29 is 9.47 Å². The molecule has 1 aliphatic heterocycles. The molecule has 0 saturated carbocycles. The van der Waals surface area contributed by atoms with Crippen LogP contribution in [0, 0.1) is 0 Å². The van der Waals surface area contributed by atoms with Crippen molar-refractivity contribution >= 4 is 15.9 Å². The van der Waals surface area contributed by atoms with Gasteiger partial charge in [-0.15, -0.1) is 0 Å². The molecule has 118 valence electrons. The third kappa shape index (κ3) is 6.07. The van der Waals surface area contributed by atoms with Gasteiger partial charge in [-0.2, -0.15) is 0 Å². The summed E-state index contributed by atoms with van der Waals surface area (Å²) in [4.78, 5) is 0. The third-order valence-electron chi connectivity index (χ3n) is 3.73. The Balaban J connectivity index is 1.91. The van der Waals surface area contributed by atoms with Crippen LogP contribution in [-0.2, 0) is 9.47 Å². The van der Waals surface area contributed by atoms with Crippen molar-refractivity contribution in [2.75, 3.05) is 26.3 Å². The highest BCUT2D eigenvalue weighted by Gasteiger charge is 2.18. The molecule has 21 heavy (non-hydrogen) atoms. The molecular weight excluding hydrogens is 330 g/mol. The molecule has 1 aromatic rings. The van der Waals surface area contributed by atoms with Crippen LogP contribution in [0.4, 0.5) is 0 Å². The fraction of sp³-hybridized carbons (Fsp3) is 0.647. The van der Waals surface area contributed by atoms with Crippen molar-refractivity contribution in [1.82, 2.24) is 5.32 Å². The fourth-order valence-corrected chi connectivity index (χ4v) is 2.97. The van der Waals surface area contributed by atoms with Crippen LogP contribution in [0.3, 0.4) is 0 Å². The number of benzene rings is 1. The average molecular weight is 356 g/mol. The summed E-state index contributed by atoms with van der Waals surface area (Å²) in [5.41, 5.74) is 1.21. The van der Waals surface area contributed by atoms with Gasteiger partial charge in [0.1, 0.15) is 0 Å². The van der Waals surface area contributed by atoms with E-state index < -0.39 is 0 Å². The lowest BCUT2D eigenvalue weighted by molar-refractivity contribution is -0.0633. The molecule has 4 heteroatoms. The maximum Gasteiger partial charge on any atom is 0.0950 e. The minimum atomic E-state index is 0.0829. The van der Waals surface area contributed by atoms with Gasteiger partial charge in [0.05, 0.1) is 18.8 Å². The van der Waals surface area contributed by atoms with Gasteiger partial charge in [-0.05, 0) is 49.9 Å². The SMILES string of the molecule is CCCNCC(OCC1CCCCO1)c1cccc(Br)c1. The van der Waals surface area contributed by atoms with E-state index in [1.54, 1.807) is 0 Å². The first kappa shape index (κ1) is 16.9. The smallest absolute Gasteiger partial charge is 0.0950 e. The summed E-state index contributed by atoms with van der Waals surface area (Å²) in [5.74, 6) is 0. The van der Waals surface area contributed by atoms with Gasteiger partial charge in [-0.1, -0.05) is 35.0 Å². The Bertz CT molecular complexity index is 408. The summed E-state index contributed by atoms with van der Waals surface area (Å²) in [5, 5.41) is 3.46. The molecule has 0 aromatic heterocycles. The molecule has 1 N–H and O–H groups in total. The van der Waals surface area contributed by atoms with E-state index in [0.29, 0.717) is 6.61 Å². The summed E-state index contributed by atoms with van der Waals surface area (Å²) in [7, 11) is 0. The number of halogens is 1. The monoisotopic (exact) mass is 355 g/mol. The molecule has 0 aliphatic carbocycles. The van der Waals surface area contributed by atoms with Gasteiger partial charge in [-0.25, -0.2) is 0 Å². The van der Waals surface area contributed by atoms with Crippen molar-refractivity contribution in [2.45, 2.75) is 44.8 Å². The van der Waals surface area contributed by atoms with Gasteiger partial charge in [-0.3, -0.25) is 0 Å². The average Bonchev–Trinajstić information content (AvgIpc) is 2.52. The standard InChI is InChI=1S/C17H26BrNO2/c1-2-9-19-12-17(14-6-5-7-15(18)11-14)21-13-16-8-3-4-10-20-16/h5-7,11,16-17,19H,2-4,8-10,12-13H2,1H3. The van der Waals surface area contributed by atoms with E-state index in [9.17, 15) is 0 Å². The van der Waals surface area contributed by atoms with Crippen LogP contribution in [0.25, 0.3) is 0 Å². The molecule has 2 rings (SSSR count). The predicted molar refractivity (Wildman–Crippen MR) is 89.6 cm³/mol. The Hall–Kier alpha value is -0.420. The summed E-state index contributed by atoms with van der Waals surface area (Å²) in [6.45, 7) is 5.61. The fourth-order valence-electron chi connectivity index (χ4n) is 2.55. The number of hydrogen-bond donors (Lipinski definition) is 1. The van der Waals surface area contributed by atoms with Crippen LogP contribution in [0.2, 0.25) is 0 Å². The first-order chi connectivity index (χ1) is 10.3. The second-order valence-corrected chi connectivity index (χ2v) is 6.49. The van der Waals surface area contributed by atoms with E-state index >= 15 is 0 Å². The van der Waals surface area contributed by atoms with Crippen molar-refractivity contribution in [2.24, 2.45) is 0 Å². The Labute approximate surface area is 136 Å². The first-order valence-electron chi connectivity index (χ1n) is 7.99. The summed E-state index contributed by atoms with van der Waals surface area (Å²) < 4.78 is 13.0. The van der Waals surface area contributed by atoms with Crippen LogP contribution >= 0.6 is 15.9 Å². The molecule has 3 nitrogen and oxygen atoms in total. The highest BCUT2D eigenvalue weighted by atomic mass is 79.9. The van der Waals surface area contributed by atoms with E-state index in [4.69, 9.17) is 9.47 Å². The van der Waals surface area contributed by atoms with Crippen molar-refractivity contribution in [1.29, 1.82) is 0 Å². The summed E-state index contributed by atoms with van der Waals surface area (Å²) >= 11 is 3.54. The van der Waals surface area contributed by atoms with Crippen LogP contribution in [0.1, 0.15) is 44.3 Å². The Morgan fingerprint density at radius 1 is 1.43 bits per heavy atom.